The third-order valence-electron chi connectivity index (χ3n) is 4.85. The van der Waals surface area contributed by atoms with Crippen LogP contribution in [0.15, 0.2) is 30.9 Å². The Morgan fingerprint density at radius 1 is 1.33 bits per heavy atom. The van der Waals surface area contributed by atoms with E-state index in [0.29, 0.717) is 35.2 Å². The number of carbonyl (C=O) groups excluding carboxylic acids is 2. The number of fused-ring (bicyclic) bond motifs is 1. The number of amides is 2. The zero-order valence-corrected chi connectivity index (χ0v) is 17.2. The molecule has 3 heterocycles. The Hall–Kier alpha value is -3.40. The summed E-state index contributed by atoms with van der Waals surface area (Å²) < 4.78 is 8.50. The van der Waals surface area contributed by atoms with Crippen LogP contribution in [0.5, 0.6) is 0 Å². The number of nitrogens with one attached hydrogen (secondary N) is 2. The average molecular weight is 430 g/mol. The number of rotatable bonds is 5. The second-order valence-corrected chi connectivity index (χ2v) is 7.38. The van der Waals surface area contributed by atoms with Gasteiger partial charge in [0.05, 0.1) is 6.04 Å². The Balaban J connectivity index is 1.42. The van der Waals surface area contributed by atoms with Crippen molar-refractivity contribution in [2.24, 2.45) is 14.1 Å². The van der Waals surface area contributed by atoms with Gasteiger partial charge in [0.2, 0.25) is 0 Å². The van der Waals surface area contributed by atoms with Crippen LogP contribution in [-0.2, 0) is 31.9 Å². The van der Waals surface area contributed by atoms with E-state index in [2.05, 4.69) is 25.7 Å². The van der Waals surface area contributed by atoms with Crippen molar-refractivity contribution in [1.29, 1.82) is 0 Å². The third-order valence-corrected chi connectivity index (χ3v) is 5.06. The number of aromatic nitrogens is 5. The van der Waals surface area contributed by atoms with Gasteiger partial charge in [0.25, 0.3) is 5.91 Å². The van der Waals surface area contributed by atoms with Crippen molar-refractivity contribution >= 4 is 29.3 Å². The monoisotopic (exact) mass is 429 g/mol. The van der Waals surface area contributed by atoms with E-state index in [1.165, 1.54) is 17.2 Å². The van der Waals surface area contributed by atoms with Crippen LogP contribution in [0.25, 0.3) is 0 Å². The van der Waals surface area contributed by atoms with E-state index in [9.17, 15) is 9.59 Å². The molecule has 1 unspecified atom stereocenters. The molecule has 0 bridgehead atoms. The normalized spacial score (nSPS) is 15.0. The molecule has 3 aromatic heterocycles. The number of anilines is 1. The van der Waals surface area contributed by atoms with Gasteiger partial charge >= 0.3 is 6.09 Å². The Morgan fingerprint density at radius 3 is 2.90 bits per heavy atom. The first kappa shape index (κ1) is 19.9. The summed E-state index contributed by atoms with van der Waals surface area (Å²) in [6, 6.07) is 3.02. The number of nitrogens with zero attached hydrogens (tertiary/aromatic N) is 5. The number of carbonyl (C=O) groups is 2. The predicted molar refractivity (Wildman–Crippen MR) is 108 cm³/mol. The van der Waals surface area contributed by atoms with Crippen molar-refractivity contribution < 1.29 is 14.3 Å². The van der Waals surface area contributed by atoms with E-state index in [0.717, 1.165) is 11.1 Å². The average Bonchev–Trinajstić information content (AvgIpc) is 3.36. The van der Waals surface area contributed by atoms with Crippen molar-refractivity contribution in [3.8, 4) is 0 Å². The molecule has 1 aliphatic carbocycles. The minimum absolute atomic E-state index is 0.0107. The largest absolute Gasteiger partial charge is 0.441 e. The highest BCUT2D eigenvalue weighted by atomic mass is 35.5. The van der Waals surface area contributed by atoms with Gasteiger partial charge in [0.1, 0.15) is 17.2 Å². The summed E-state index contributed by atoms with van der Waals surface area (Å²) in [7, 11) is 3.54. The molecule has 0 fully saturated rings. The molecule has 0 spiro atoms. The first-order valence-electron chi connectivity index (χ1n) is 9.29. The molecular weight excluding hydrogens is 410 g/mol. The Labute approximate surface area is 177 Å². The summed E-state index contributed by atoms with van der Waals surface area (Å²) in [5, 5.41) is 10.1. The minimum atomic E-state index is -0.554. The maximum atomic E-state index is 12.8. The summed E-state index contributed by atoms with van der Waals surface area (Å²) in [5.74, 6) is 0.181. The zero-order chi connectivity index (χ0) is 21.3. The van der Waals surface area contributed by atoms with Crippen molar-refractivity contribution in [2.45, 2.75) is 25.5 Å². The van der Waals surface area contributed by atoms with Gasteiger partial charge in [0, 0.05) is 32.2 Å². The molecule has 1 aliphatic rings. The summed E-state index contributed by atoms with van der Waals surface area (Å²) in [5.41, 5.74) is 2.93. The van der Waals surface area contributed by atoms with Crippen molar-refractivity contribution in [3.05, 3.63) is 58.7 Å². The molecular formula is C19H20ClN7O3. The van der Waals surface area contributed by atoms with E-state index in [1.54, 1.807) is 30.8 Å². The number of hydrogen-bond donors (Lipinski definition) is 2. The molecule has 11 heteroatoms. The fourth-order valence-corrected chi connectivity index (χ4v) is 3.76. The highest BCUT2D eigenvalue weighted by Crippen LogP contribution is 2.35. The van der Waals surface area contributed by atoms with Gasteiger partial charge in [-0.3, -0.25) is 9.48 Å². The van der Waals surface area contributed by atoms with E-state index in [4.69, 9.17) is 16.3 Å². The molecule has 2 N–H and O–H groups in total. The lowest BCUT2D eigenvalue weighted by atomic mass is 10.1. The highest BCUT2D eigenvalue weighted by molar-refractivity contribution is 6.29. The number of aryl methyl sites for hydroxylation is 2. The maximum absolute atomic E-state index is 12.8. The molecule has 2 amide bonds. The van der Waals surface area contributed by atoms with Crippen LogP contribution in [0.4, 0.5) is 10.5 Å². The smallest absolute Gasteiger partial charge is 0.408 e. The van der Waals surface area contributed by atoms with Crippen molar-refractivity contribution in [2.75, 3.05) is 5.32 Å². The second kappa shape index (κ2) is 8.15. The second-order valence-electron chi connectivity index (χ2n) is 6.99. The Bertz CT molecular complexity index is 1110. The van der Waals surface area contributed by atoms with Gasteiger partial charge in [-0.05, 0) is 36.1 Å². The summed E-state index contributed by atoms with van der Waals surface area (Å²) in [4.78, 5) is 32.9. The molecule has 30 heavy (non-hydrogen) atoms. The number of hydrogen-bond acceptors (Lipinski definition) is 6. The van der Waals surface area contributed by atoms with Gasteiger partial charge in [-0.15, -0.1) is 0 Å². The van der Waals surface area contributed by atoms with Crippen LogP contribution < -0.4 is 10.6 Å². The van der Waals surface area contributed by atoms with Gasteiger partial charge in [-0.25, -0.2) is 14.8 Å². The maximum Gasteiger partial charge on any atom is 0.408 e. The summed E-state index contributed by atoms with van der Waals surface area (Å²) >= 11 is 5.88. The number of alkyl carbamates (subject to hydrolysis) is 1. The topological polar surface area (TPSA) is 116 Å². The molecule has 3 aromatic rings. The molecule has 0 aromatic carbocycles. The lowest BCUT2D eigenvalue weighted by Gasteiger charge is -2.12. The summed E-state index contributed by atoms with van der Waals surface area (Å²) in [6.07, 6.45) is 5.73. The van der Waals surface area contributed by atoms with Crippen LogP contribution in [0.3, 0.4) is 0 Å². The fraction of sp³-hybridized carbons (Fsp3) is 0.316. The first-order chi connectivity index (χ1) is 14.4. The SMILES string of the molecule is Cn1cnc(COC(=O)NC2CCc3c2cn(C)c3C(=O)Nc2ccnc(Cl)c2)n1. The number of halogens is 1. The van der Waals surface area contributed by atoms with Crippen LogP contribution in [0, 0.1) is 0 Å². The van der Waals surface area contributed by atoms with Crippen LogP contribution >= 0.6 is 11.6 Å². The quantitative estimate of drug-likeness (QED) is 0.601. The third kappa shape index (κ3) is 4.13. The standard InChI is InChI=1S/C19H20ClN7O3/c1-26-8-13-12(17(26)18(28)23-11-5-6-21-15(20)7-11)3-4-14(13)24-19(29)30-9-16-22-10-27(2)25-16/h5-8,10,14H,3-4,9H2,1-2H3,(H,24,29)(H,21,23,28). The first-order valence-corrected chi connectivity index (χ1v) is 9.67. The van der Waals surface area contributed by atoms with Crippen LogP contribution in [0.1, 0.15) is 39.9 Å². The number of ether oxygens (including phenoxy) is 1. The van der Waals surface area contributed by atoms with E-state index in [-0.39, 0.29) is 18.6 Å². The molecule has 10 nitrogen and oxygen atoms in total. The van der Waals surface area contributed by atoms with E-state index < -0.39 is 6.09 Å². The lowest BCUT2D eigenvalue weighted by Crippen LogP contribution is -2.27. The van der Waals surface area contributed by atoms with E-state index >= 15 is 0 Å². The molecule has 0 radical (unpaired) electrons. The molecule has 0 aliphatic heterocycles. The Morgan fingerprint density at radius 2 is 2.17 bits per heavy atom. The minimum Gasteiger partial charge on any atom is -0.441 e. The van der Waals surface area contributed by atoms with Gasteiger partial charge in [-0.1, -0.05) is 11.6 Å². The van der Waals surface area contributed by atoms with Gasteiger partial charge in [0.15, 0.2) is 12.4 Å². The molecule has 0 saturated carbocycles. The van der Waals surface area contributed by atoms with Crippen molar-refractivity contribution in [3.63, 3.8) is 0 Å². The molecule has 0 saturated heterocycles. The molecule has 1 atom stereocenters. The highest BCUT2D eigenvalue weighted by Gasteiger charge is 2.31. The van der Waals surface area contributed by atoms with Crippen LogP contribution in [-0.4, -0.2) is 36.3 Å². The van der Waals surface area contributed by atoms with Gasteiger partial charge < -0.3 is 19.9 Å². The Kier molecular flexibility index (Phi) is 5.40. The number of pyridine rings is 1. The van der Waals surface area contributed by atoms with Crippen molar-refractivity contribution in [1.82, 2.24) is 29.6 Å². The molecule has 4 rings (SSSR count). The zero-order valence-electron chi connectivity index (χ0n) is 16.4. The van der Waals surface area contributed by atoms with Crippen LogP contribution in [0.2, 0.25) is 5.15 Å². The predicted octanol–water partition coefficient (Wildman–Crippen LogP) is 2.37. The lowest BCUT2D eigenvalue weighted by molar-refractivity contribution is 0.101. The van der Waals surface area contributed by atoms with E-state index in [1.807, 2.05) is 6.20 Å². The van der Waals surface area contributed by atoms with Gasteiger partial charge in [-0.2, -0.15) is 5.10 Å². The molecule has 156 valence electrons. The fourth-order valence-electron chi connectivity index (χ4n) is 3.59. The summed E-state index contributed by atoms with van der Waals surface area (Å²) in [6.45, 7) is -0.0107.